The quantitative estimate of drug-likeness (QED) is 0.494. The Hall–Kier alpha value is -3.09. The van der Waals surface area contributed by atoms with Crippen molar-refractivity contribution in [1.82, 2.24) is 10.1 Å². The van der Waals surface area contributed by atoms with Crippen LogP contribution in [0.25, 0.3) is 22.8 Å². The number of anilines is 1. The molecular formula is C14H10FN3O3. The van der Waals surface area contributed by atoms with Gasteiger partial charge in [0.25, 0.3) is 5.89 Å². The number of phenolic OH excluding ortho intramolecular Hbond substituents is 2. The zero-order valence-corrected chi connectivity index (χ0v) is 10.6. The summed E-state index contributed by atoms with van der Waals surface area (Å²) in [6, 6.07) is 8.29. The molecule has 0 radical (unpaired) electrons. The molecular weight excluding hydrogens is 277 g/mol. The molecule has 7 heteroatoms. The Morgan fingerprint density at radius 3 is 2.62 bits per heavy atom. The number of nitrogens with two attached hydrogens (primary N) is 1. The normalized spacial score (nSPS) is 10.7. The number of nitrogen functional groups attached to an aromatic ring is 1. The number of benzene rings is 2. The second-order valence-electron chi connectivity index (χ2n) is 4.33. The maximum atomic E-state index is 13.8. The number of hydrogen-bond donors (Lipinski definition) is 3. The first kappa shape index (κ1) is 12.9. The van der Waals surface area contributed by atoms with Crippen molar-refractivity contribution in [3.05, 3.63) is 42.2 Å². The van der Waals surface area contributed by atoms with Crippen molar-refractivity contribution in [2.75, 3.05) is 5.73 Å². The third-order valence-corrected chi connectivity index (χ3v) is 2.92. The van der Waals surface area contributed by atoms with Crippen molar-refractivity contribution in [2.24, 2.45) is 0 Å². The maximum absolute atomic E-state index is 13.8. The highest BCUT2D eigenvalue weighted by Crippen LogP contribution is 2.32. The Morgan fingerprint density at radius 1 is 1.10 bits per heavy atom. The Labute approximate surface area is 118 Å². The molecule has 21 heavy (non-hydrogen) atoms. The van der Waals surface area contributed by atoms with Gasteiger partial charge in [0, 0.05) is 11.3 Å². The van der Waals surface area contributed by atoms with Gasteiger partial charge in [0.05, 0.1) is 5.56 Å². The first-order valence-corrected chi connectivity index (χ1v) is 5.96. The van der Waals surface area contributed by atoms with E-state index in [-0.39, 0.29) is 34.5 Å². The number of hydrogen-bond acceptors (Lipinski definition) is 6. The highest BCUT2D eigenvalue weighted by molar-refractivity contribution is 5.72. The lowest BCUT2D eigenvalue weighted by atomic mass is 10.1. The van der Waals surface area contributed by atoms with Gasteiger partial charge in [0.2, 0.25) is 5.82 Å². The van der Waals surface area contributed by atoms with Crippen LogP contribution in [0.3, 0.4) is 0 Å². The zero-order valence-electron chi connectivity index (χ0n) is 10.6. The number of phenols is 2. The smallest absolute Gasteiger partial charge is 0.263 e. The van der Waals surface area contributed by atoms with Crippen molar-refractivity contribution in [3.8, 4) is 34.3 Å². The molecule has 1 aromatic heterocycles. The molecule has 0 bridgehead atoms. The second-order valence-corrected chi connectivity index (χ2v) is 4.33. The Bertz CT molecular complexity index is 797. The van der Waals surface area contributed by atoms with Gasteiger partial charge in [-0.1, -0.05) is 11.2 Å². The van der Waals surface area contributed by atoms with E-state index in [9.17, 15) is 14.6 Å². The Balaban J connectivity index is 2.06. The van der Waals surface area contributed by atoms with Crippen LogP contribution in [-0.2, 0) is 0 Å². The summed E-state index contributed by atoms with van der Waals surface area (Å²) in [7, 11) is 0. The minimum Gasteiger partial charge on any atom is -0.504 e. The van der Waals surface area contributed by atoms with E-state index in [1.165, 1.54) is 36.4 Å². The number of aromatic nitrogens is 2. The molecule has 0 fully saturated rings. The summed E-state index contributed by atoms with van der Waals surface area (Å²) < 4.78 is 18.8. The predicted octanol–water partition coefficient (Wildman–Crippen LogP) is 2.54. The molecule has 6 nitrogen and oxygen atoms in total. The van der Waals surface area contributed by atoms with Gasteiger partial charge >= 0.3 is 0 Å². The average Bonchev–Trinajstić information content (AvgIpc) is 2.91. The number of halogens is 1. The molecule has 106 valence electrons. The van der Waals surface area contributed by atoms with Crippen LogP contribution in [0.2, 0.25) is 0 Å². The number of nitrogens with zero attached hydrogens (tertiary/aromatic N) is 2. The molecule has 0 atom stereocenters. The highest BCUT2D eigenvalue weighted by atomic mass is 19.1. The number of rotatable bonds is 2. The predicted molar refractivity (Wildman–Crippen MR) is 72.9 cm³/mol. The van der Waals surface area contributed by atoms with Crippen molar-refractivity contribution >= 4 is 5.69 Å². The Morgan fingerprint density at radius 2 is 1.90 bits per heavy atom. The molecule has 0 aliphatic carbocycles. The molecule has 4 N–H and O–H groups in total. The molecule has 0 aliphatic heterocycles. The summed E-state index contributed by atoms with van der Waals surface area (Å²) in [4.78, 5) is 4.05. The topological polar surface area (TPSA) is 105 Å². The van der Waals surface area contributed by atoms with E-state index >= 15 is 0 Å². The molecule has 3 rings (SSSR count). The fraction of sp³-hybridized carbons (Fsp3) is 0. The number of aromatic hydroxyl groups is 2. The van der Waals surface area contributed by atoms with Crippen LogP contribution in [0.1, 0.15) is 0 Å². The van der Waals surface area contributed by atoms with E-state index in [1.807, 2.05) is 0 Å². The molecule has 2 aromatic carbocycles. The highest BCUT2D eigenvalue weighted by Gasteiger charge is 2.17. The van der Waals surface area contributed by atoms with Crippen LogP contribution < -0.4 is 5.73 Å². The van der Waals surface area contributed by atoms with Gasteiger partial charge < -0.3 is 20.5 Å². The summed E-state index contributed by atoms with van der Waals surface area (Å²) in [5.74, 6) is -1.07. The largest absolute Gasteiger partial charge is 0.504 e. The van der Waals surface area contributed by atoms with Gasteiger partial charge in [0.1, 0.15) is 5.82 Å². The molecule has 0 spiro atoms. The lowest BCUT2D eigenvalue weighted by Gasteiger charge is -2.01. The van der Waals surface area contributed by atoms with Gasteiger partial charge in [-0.3, -0.25) is 0 Å². The first-order valence-electron chi connectivity index (χ1n) is 5.96. The van der Waals surface area contributed by atoms with Gasteiger partial charge in [-0.2, -0.15) is 4.98 Å². The van der Waals surface area contributed by atoms with E-state index in [0.29, 0.717) is 5.56 Å². The van der Waals surface area contributed by atoms with Crippen molar-refractivity contribution in [3.63, 3.8) is 0 Å². The monoisotopic (exact) mass is 287 g/mol. The fourth-order valence-electron chi connectivity index (χ4n) is 1.87. The Kier molecular flexibility index (Phi) is 2.94. The standard InChI is InChI=1S/C14H10FN3O3/c15-8-2-1-3-9(16)12(8)14-17-13(18-21-14)7-4-5-10(19)11(20)6-7/h1-6,19-20H,16H2. The molecule has 0 aliphatic rings. The minimum atomic E-state index is -0.571. The summed E-state index contributed by atoms with van der Waals surface area (Å²) in [6.45, 7) is 0. The van der Waals surface area contributed by atoms with Crippen molar-refractivity contribution in [2.45, 2.75) is 0 Å². The van der Waals surface area contributed by atoms with E-state index in [2.05, 4.69) is 10.1 Å². The van der Waals surface area contributed by atoms with Crippen LogP contribution in [0, 0.1) is 5.82 Å². The second kappa shape index (κ2) is 4.78. The summed E-state index contributed by atoms with van der Waals surface area (Å²) in [5, 5.41) is 22.4. The molecule has 3 aromatic rings. The van der Waals surface area contributed by atoms with Gasteiger partial charge in [-0.15, -0.1) is 0 Å². The summed E-state index contributed by atoms with van der Waals surface area (Å²) in [5.41, 5.74) is 6.32. The zero-order chi connectivity index (χ0) is 15.0. The van der Waals surface area contributed by atoms with Crippen molar-refractivity contribution < 1.29 is 19.1 Å². The van der Waals surface area contributed by atoms with Gasteiger partial charge in [-0.25, -0.2) is 4.39 Å². The lowest BCUT2D eigenvalue weighted by molar-refractivity contribution is 0.403. The van der Waals surface area contributed by atoms with Gasteiger partial charge in [0.15, 0.2) is 11.5 Å². The molecule has 1 heterocycles. The van der Waals surface area contributed by atoms with Crippen LogP contribution in [-0.4, -0.2) is 20.4 Å². The lowest BCUT2D eigenvalue weighted by Crippen LogP contribution is -1.93. The summed E-state index contributed by atoms with van der Waals surface area (Å²) in [6.07, 6.45) is 0. The van der Waals surface area contributed by atoms with E-state index in [4.69, 9.17) is 10.3 Å². The molecule has 0 saturated heterocycles. The van der Waals surface area contributed by atoms with Crippen LogP contribution >= 0.6 is 0 Å². The third-order valence-electron chi connectivity index (χ3n) is 2.92. The van der Waals surface area contributed by atoms with Gasteiger partial charge in [-0.05, 0) is 30.3 Å². The van der Waals surface area contributed by atoms with Crippen LogP contribution in [0.5, 0.6) is 11.5 Å². The SMILES string of the molecule is Nc1cccc(F)c1-c1nc(-c2ccc(O)c(O)c2)no1. The van der Waals surface area contributed by atoms with Crippen molar-refractivity contribution in [1.29, 1.82) is 0 Å². The third kappa shape index (κ3) is 2.25. The fourth-order valence-corrected chi connectivity index (χ4v) is 1.87. The summed E-state index contributed by atoms with van der Waals surface area (Å²) >= 11 is 0. The average molecular weight is 287 g/mol. The molecule has 0 saturated carbocycles. The first-order chi connectivity index (χ1) is 10.1. The van der Waals surface area contributed by atoms with E-state index < -0.39 is 5.82 Å². The molecule has 0 amide bonds. The van der Waals surface area contributed by atoms with Crippen LogP contribution in [0.4, 0.5) is 10.1 Å². The van der Waals surface area contributed by atoms with E-state index in [0.717, 1.165) is 0 Å². The van der Waals surface area contributed by atoms with E-state index in [1.54, 1.807) is 0 Å². The minimum absolute atomic E-state index is 0.0271. The molecule has 0 unspecified atom stereocenters. The maximum Gasteiger partial charge on any atom is 0.263 e. The van der Waals surface area contributed by atoms with Crippen LogP contribution in [0.15, 0.2) is 40.9 Å².